The van der Waals surface area contributed by atoms with Gasteiger partial charge in [0.15, 0.2) is 0 Å². The van der Waals surface area contributed by atoms with Crippen LogP contribution in [-0.4, -0.2) is 24.4 Å². The molecule has 0 aromatic carbocycles. The van der Waals surface area contributed by atoms with Gasteiger partial charge in [-0.15, -0.1) is 13.2 Å². The number of pyridine rings is 1. The summed E-state index contributed by atoms with van der Waals surface area (Å²) in [6, 6.07) is 2.34. The summed E-state index contributed by atoms with van der Waals surface area (Å²) < 4.78 is 43.6. The molecule has 1 aromatic heterocycles. The maximum atomic E-state index is 11.9. The molecule has 0 aliphatic heterocycles. The summed E-state index contributed by atoms with van der Waals surface area (Å²) in [6.07, 6.45) is -4.13. The third-order valence-electron chi connectivity index (χ3n) is 1.61. The number of nitriles is 1. The molecule has 0 saturated carbocycles. The second kappa shape index (κ2) is 4.69. The minimum absolute atomic E-state index is 0.140. The van der Waals surface area contributed by atoms with Crippen LogP contribution in [0.25, 0.3) is 0 Å². The summed E-state index contributed by atoms with van der Waals surface area (Å²) in [7, 11) is 1.09. The lowest BCUT2D eigenvalue weighted by Crippen LogP contribution is -2.19. The van der Waals surface area contributed by atoms with Crippen LogP contribution in [0.2, 0.25) is 0 Å². The van der Waals surface area contributed by atoms with Gasteiger partial charge in [-0.25, -0.2) is 9.78 Å². The highest BCUT2D eigenvalue weighted by atomic mass is 19.4. The second-order valence-electron chi connectivity index (χ2n) is 2.73. The Hall–Kier alpha value is -2.30. The van der Waals surface area contributed by atoms with E-state index in [0.717, 1.165) is 19.4 Å². The Morgan fingerprint density at radius 3 is 2.65 bits per heavy atom. The van der Waals surface area contributed by atoms with Crippen molar-refractivity contribution in [1.29, 1.82) is 5.26 Å². The van der Waals surface area contributed by atoms with Crippen LogP contribution >= 0.6 is 0 Å². The number of ether oxygens (including phenoxy) is 2. The van der Waals surface area contributed by atoms with Crippen LogP contribution in [0.1, 0.15) is 15.9 Å². The molecule has 1 heterocycles. The Morgan fingerprint density at radius 1 is 1.53 bits per heavy atom. The van der Waals surface area contributed by atoms with Gasteiger partial charge < -0.3 is 9.47 Å². The van der Waals surface area contributed by atoms with Crippen LogP contribution in [0.4, 0.5) is 13.2 Å². The van der Waals surface area contributed by atoms with Crippen LogP contribution in [0.15, 0.2) is 12.3 Å². The van der Waals surface area contributed by atoms with Gasteiger partial charge >= 0.3 is 12.3 Å². The first kappa shape index (κ1) is 12.8. The Balaban J connectivity index is 3.11. The highest BCUT2D eigenvalue weighted by Gasteiger charge is 2.33. The third kappa shape index (κ3) is 3.34. The van der Waals surface area contributed by atoms with Gasteiger partial charge in [0.2, 0.25) is 5.88 Å². The molecule has 0 aliphatic carbocycles. The summed E-state index contributed by atoms with van der Waals surface area (Å²) in [5, 5.41) is 8.60. The standard InChI is InChI=1S/C9H5F3N2O3/c1-16-8(15)6-2-5(3-13)7(14-4-6)17-9(10,11)12/h2,4H,1H3. The van der Waals surface area contributed by atoms with Crippen molar-refractivity contribution >= 4 is 5.97 Å². The summed E-state index contributed by atoms with van der Waals surface area (Å²) in [4.78, 5) is 14.3. The molecule has 0 spiro atoms. The van der Waals surface area contributed by atoms with E-state index in [1.54, 1.807) is 0 Å². The number of halogens is 3. The maximum Gasteiger partial charge on any atom is 0.574 e. The number of nitrogens with zero attached hydrogens (tertiary/aromatic N) is 2. The lowest BCUT2D eigenvalue weighted by atomic mass is 10.2. The molecule has 0 N–H and O–H groups in total. The van der Waals surface area contributed by atoms with E-state index in [1.165, 1.54) is 6.07 Å². The Bertz CT molecular complexity index is 479. The molecule has 0 amide bonds. The average Bonchev–Trinajstić information content (AvgIpc) is 2.26. The van der Waals surface area contributed by atoms with Crippen molar-refractivity contribution in [3.8, 4) is 11.9 Å². The van der Waals surface area contributed by atoms with Crippen LogP contribution in [0.5, 0.6) is 5.88 Å². The minimum Gasteiger partial charge on any atom is -0.465 e. The van der Waals surface area contributed by atoms with Crippen molar-refractivity contribution < 1.29 is 27.4 Å². The predicted octanol–water partition coefficient (Wildman–Crippen LogP) is 1.64. The highest BCUT2D eigenvalue weighted by molar-refractivity contribution is 5.89. The quantitative estimate of drug-likeness (QED) is 0.741. The first-order valence-corrected chi connectivity index (χ1v) is 4.11. The molecular weight excluding hydrogens is 241 g/mol. The van der Waals surface area contributed by atoms with Crippen molar-refractivity contribution in [2.75, 3.05) is 7.11 Å². The Labute approximate surface area is 93.4 Å². The molecule has 90 valence electrons. The Kier molecular flexibility index (Phi) is 3.52. The third-order valence-corrected chi connectivity index (χ3v) is 1.61. The number of carbonyl (C=O) groups excluding carboxylic acids is 1. The molecule has 0 saturated heterocycles. The van der Waals surface area contributed by atoms with Gasteiger partial charge in [-0.2, -0.15) is 5.26 Å². The molecule has 0 unspecified atom stereocenters. The van der Waals surface area contributed by atoms with E-state index in [9.17, 15) is 18.0 Å². The second-order valence-corrected chi connectivity index (χ2v) is 2.73. The van der Waals surface area contributed by atoms with E-state index >= 15 is 0 Å². The fraction of sp³-hybridized carbons (Fsp3) is 0.222. The molecule has 0 radical (unpaired) electrons. The molecule has 0 bridgehead atoms. The van der Waals surface area contributed by atoms with Crippen molar-refractivity contribution in [2.45, 2.75) is 6.36 Å². The van der Waals surface area contributed by atoms with E-state index in [1.807, 2.05) is 0 Å². The molecule has 5 nitrogen and oxygen atoms in total. The van der Waals surface area contributed by atoms with Gasteiger partial charge in [0, 0.05) is 6.20 Å². The molecule has 1 rings (SSSR count). The SMILES string of the molecule is COC(=O)c1cnc(OC(F)(F)F)c(C#N)c1. The van der Waals surface area contributed by atoms with Crippen LogP contribution in [0, 0.1) is 11.3 Å². The van der Waals surface area contributed by atoms with E-state index in [2.05, 4.69) is 14.5 Å². The van der Waals surface area contributed by atoms with Crippen LogP contribution < -0.4 is 4.74 Å². The normalized spacial score (nSPS) is 10.5. The number of rotatable bonds is 2. The van der Waals surface area contributed by atoms with Gasteiger partial charge in [0.05, 0.1) is 12.7 Å². The molecular formula is C9H5F3N2O3. The van der Waals surface area contributed by atoms with Crippen molar-refractivity contribution in [3.05, 3.63) is 23.4 Å². The molecule has 0 atom stereocenters. The minimum atomic E-state index is -4.95. The number of hydrogen-bond donors (Lipinski definition) is 0. The number of methoxy groups -OCH3 is 1. The largest absolute Gasteiger partial charge is 0.574 e. The summed E-state index contributed by atoms with van der Waals surface area (Å²) >= 11 is 0. The number of carbonyl (C=O) groups is 1. The summed E-state index contributed by atoms with van der Waals surface area (Å²) in [5.74, 6) is -1.72. The first-order chi connectivity index (χ1) is 7.87. The first-order valence-electron chi connectivity index (χ1n) is 4.11. The average molecular weight is 246 g/mol. The molecule has 0 fully saturated rings. The predicted molar refractivity (Wildman–Crippen MR) is 47.0 cm³/mol. The topological polar surface area (TPSA) is 72.2 Å². The highest BCUT2D eigenvalue weighted by Crippen LogP contribution is 2.24. The fourth-order valence-corrected chi connectivity index (χ4v) is 0.953. The lowest BCUT2D eigenvalue weighted by Gasteiger charge is -2.09. The molecule has 8 heteroatoms. The number of alkyl halides is 3. The van der Waals surface area contributed by atoms with Crippen LogP contribution in [0.3, 0.4) is 0 Å². The summed E-state index contributed by atoms with van der Waals surface area (Å²) in [5.41, 5.74) is -0.649. The van der Waals surface area contributed by atoms with E-state index in [4.69, 9.17) is 5.26 Å². The lowest BCUT2D eigenvalue weighted by molar-refractivity contribution is -0.276. The van der Waals surface area contributed by atoms with Gasteiger partial charge in [-0.3, -0.25) is 0 Å². The molecule has 0 aliphatic rings. The van der Waals surface area contributed by atoms with Gasteiger partial charge in [-0.1, -0.05) is 0 Å². The zero-order valence-corrected chi connectivity index (χ0v) is 8.41. The monoisotopic (exact) mass is 246 g/mol. The maximum absolute atomic E-state index is 11.9. The molecule has 17 heavy (non-hydrogen) atoms. The van der Waals surface area contributed by atoms with E-state index in [0.29, 0.717) is 0 Å². The van der Waals surface area contributed by atoms with E-state index < -0.39 is 23.8 Å². The molecule has 1 aromatic rings. The smallest absolute Gasteiger partial charge is 0.465 e. The Morgan fingerprint density at radius 2 is 2.18 bits per heavy atom. The number of aromatic nitrogens is 1. The van der Waals surface area contributed by atoms with Gasteiger partial charge in [-0.05, 0) is 6.07 Å². The van der Waals surface area contributed by atoms with Gasteiger partial charge in [0.1, 0.15) is 11.6 Å². The van der Waals surface area contributed by atoms with Crippen molar-refractivity contribution in [2.24, 2.45) is 0 Å². The van der Waals surface area contributed by atoms with Gasteiger partial charge in [0.25, 0.3) is 0 Å². The zero-order chi connectivity index (χ0) is 13.1. The fourth-order valence-electron chi connectivity index (χ4n) is 0.953. The number of esters is 1. The van der Waals surface area contributed by atoms with Crippen LogP contribution in [-0.2, 0) is 4.74 Å². The zero-order valence-electron chi connectivity index (χ0n) is 8.41. The van der Waals surface area contributed by atoms with Crippen molar-refractivity contribution in [1.82, 2.24) is 4.98 Å². The van der Waals surface area contributed by atoms with Crippen molar-refractivity contribution in [3.63, 3.8) is 0 Å². The summed E-state index contributed by atoms with van der Waals surface area (Å²) in [6.45, 7) is 0. The number of hydrogen-bond acceptors (Lipinski definition) is 5. The van der Waals surface area contributed by atoms with E-state index in [-0.39, 0.29) is 5.56 Å².